The summed E-state index contributed by atoms with van der Waals surface area (Å²) >= 11 is 0. The lowest BCUT2D eigenvalue weighted by Gasteiger charge is -2.32. The molecule has 3 rings (SSSR count). The van der Waals surface area contributed by atoms with Gasteiger partial charge in [-0.05, 0) is 32.1 Å². The number of ether oxygens (including phenoxy) is 2. The van der Waals surface area contributed by atoms with E-state index in [9.17, 15) is 4.79 Å². The van der Waals surface area contributed by atoms with Crippen LogP contribution in [0.1, 0.15) is 44.9 Å². The minimum atomic E-state index is -0.0146. The van der Waals surface area contributed by atoms with Crippen molar-refractivity contribution in [3.05, 3.63) is 12.3 Å². The van der Waals surface area contributed by atoms with Crippen molar-refractivity contribution in [2.75, 3.05) is 26.0 Å². The number of likely N-dealkylation sites (tertiary alicyclic amines) is 1. The molecule has 2 aliphatic rings. The number of carbonyl (C=O) groups is 1. The molecule has 0 spiro atoms. The van der Waals surface area contributed by atoms with Gasteiger partial charge in [0.2, 0.25) is 11.8 Å². The second kappa shape index (κ2) is 10.3. The molecule has 0 bridgehead atoms. The van der Waals surface area contributed by atoms with Gasteiger partial charge in [-0.1, -0.05) is 28.0 Å². The lowest BCUT2D eigenvalue weighted by atomic mass is 10.1. The highest BCUT2D eigenvalue weighted by Gasteiger charge is 2.25. The Bertz CT molecular complexity index is 585. The third kappa shape index (κ3) is 5.94. The fraction of sp³-hybridized carbons (Fsp3) is 0.722. The van der Waals surface area contributed by atoms with Crippen LogP contribution in [-0.4, -0.2) is 58.1 Å². The van der Waals surface area contributed by atoms with Crippen LogP contribution in [0.4, 0.5) is 0 Å². The molecular weight excluding hydrogens is 370 g/mol. The van der Waals surface area contributed by atoms with Crippen molar-refractivity contribution < 1.29 is 14.3 Å². The van der Waals surface area contributed by atoms with E-state index < -0.39 is 0 Å². The molecule has 2 saturated heterocycles. The summed E-state index contributed by atoms with van der Waals surface area (Å²) in [6, 6.07) is 2.02. The smallest absolute Gasteiger partial charge is 0.319 e. The fourth-order valence-corrected chi connectivity index (χ4v) is 6.32. The van der Waals surface area contributed by atoms with E-state index in [4.69, 9.17) is 9.47 Å². The van der Waals surface area contributed by atoms with Crippen LogP contribution in [0.3, 0.4) is 0 Å². The SMILES string of the molecule is COc1nccc(OC2CCCN(C(=O)CCCCC3CCSS3)C2)n1. The van der Waals surface area contributed by atoms with Gasteiger partial charge >= 0.3 is 6.01 Å². The van der Waals surface area contributed by atoms with E-state index in [0.29, 0.717) is 24.9 Å². The Balaban J connectivity index is 1.39. The molecule has 144 valence electrons. The molecule has 0 aromatic carbocycles. The van der Waals surface area contributed by atoms with Crippen LogP contribution in [0.25, 0.3) is 0 Å². The maximum Gasteiger partial charge on any atom is 0.319 e. The van der Waals surface area contributed by atoms with Gasteiger partial charge in [-0.15, -0.1) is 0 Å². The van der Waals surface area contributed by atoms with Gasteiger partial charge in [-0.25, -0.2) is 4.98 Å². The number of nitrogens with zero attached hydrogens (tertiary/aromatic N) is 3. The van der Waals surface area contributed by atoms with Crippen molar-refractivity contribution in [2.45, 2.75) is 56.3 Å². The van der Waals surface area contributed by atoms with Crippen LogP contribution in [0.15, 0.2) is 12.3 Å². The predicted molar refractivity (Wildman–Crippen MR) is 106 cm³/mol. The first-order valence-corrected chi connectivity index (χ1v) is 11.7. The molecule has 1 amide bonds. The molecule has 0 saturated carbocycles. The molecule has 1 aromatic heterocycles. The van der Waals surface area contributed by atoms with Crippen LogP contribution in [0, 0.1) is 0 Å². The fourth-order valence-electron chi connectivity index (χ4n) is 3.29. The summed E-state index contributed by atoms with van der Waals surface area (Å²) in [5.74, 6) is 2.04. The Morgan fingerprint density at radius 3 is 3.12 bits per heavy atom. The lowest BCUT2D eigenvalue weighted by Crippen LogP contribution is -2.44. The van der Waals surface area contributed by atoms with Crippen LogP contribution in [0.5, 0.6) is 11.9 Å². The van der Waals surface area contributed by atoms with Crippen LogP contribution >= 0.6 is 21.6 Å². The van der Waals surface area contributed by atoms with E-state index in [-0.39, 0.29) is 12.0 Å². The highest BCUT2D eigenvalue weighted by atomic mass is 33.1. The summed E-state index contributed by atoms with van der Waals surface area (Å²) in [7, 11) is 5.53. The van der Waals surface area contributed by atoms with Gasteiger partial charge in [0.25, 0.3) is 0 Å². The zero-order valence-corrected chi connectivity index (χ0v) is 16.9. The van der Waals surface area contributed by atoms with Crippen LogP contribution in [0.2, 0.25) is 0 Å². The average Bonchev–Trinajstić information content (AvgIpc) is 3.19. The van der Waals surface area contributed by atoms with E-state index in [2.05, 4.69) is 9.97 Å². The van der Waals surface area contributed by atoms with Gasteiger partial charge in [-0.3, -0.25) is 4.79 Å². The number of carbonyl (C=O) groups excluding carboxylic acids is 1. The Morgan fingerprint density at radius 1 is 1.38 bits per heavy atom. The molecular formula is C18H27N3O3S2. The number of hydrogen-bond donors (Lipinski definition) is 0. The number of piperidine rings is 1. The highest BCUT2D eigenvalue weighted by Crippen LogP contribution is 2.39. The summed E-state index contributed by atoms with van der Waals surface area (Å²) in [4.78, 5) is 22.6. The standard InChI is InChI=1S/C18H27N3O3S2/c1-23-18-19-10-8-16(20-18)24-14-5-4-11-21(13-14)17(22)7-3-2-6-15-9-12-25-26-15/h8,10,14-15H,2-7,9,11-13H2,1H3. The second-order valence-corrected chi connectivity index (χ2v) is 9.47. The number of hydrogen-bond acceptors (Lipinski definition) is 7. The molecule has 1 aromatic rings. The number of methoxy groups -OCH3 is 1. The molecule has 6 nitrogen and oxygen atoms in total. The van der Waals surface area contributed by atoms with Gasteiger partial charge in [-0.2, -0.15) is 4.98 Å². The summed E-state index contributed by atoms with van der Waals surface area (Å²) in [5, 5.41) is 0.799. The second-order valence-electron chi connectivity index (χ2n) is 6.68. The molecule has 2 aliphatic heterocycles. The number of amides is 1. The first-order chi connectivity index (χ1) is 12.7. The van der Waals surface area contributed by atoms with Gasteiger partial charge in [0.15, 0.2) is 0 Å². The normalized spacial score (nSPS) is 23.0. The van der Waals surface area contributed by atoms with Crippen molar-refractivity contribution in [1.82, 2.24) is 14.9 Å². The zero-order valence-electron chi connectivity index (χ0n) is 15.3. The maximum atomic E-state index is 12.5. The molecule has 3 heterocycles. The van der Waals surface area contributed by atoms with E-state index in [1.807, 2.05) is 26.5 Å². The van der Waals surface area contributed by atoms with E-state index >= 15 is 0 Å². The quantitative estimate of drug-likeness (QED) is 0.491. The third-order valence-corrected chi connectivity index (χ3v) is 7.71. The van der Waals surface area contributed by atoms with Crippen molar-refractivity contribution in [1.29, 1.82) is 0 Å². The summed E-state index contributed by atoms with van der Waals surface area (Å²) in [5.41, 5.74) is 0. The maximum absolute atomic E-state index is 12.5. The number of unbranched alkanes of at least 4 members (excludes halogenated alkanes) is 1. The van der Waals surface area contributed by atoms with Gasteiger partial charge in [0.05, 0.1) is 13.7 Å². The third-order valence-electron chi connectivity index (χ3n) is 4.70. The Labute approximate surface area is 163 Å². The minimum Gasteiger partial charge on any atom is -0.472 e. The highest BCUT2D eigenvalue weighted by molar-refractivity contribution is 8.77. The largest absolute Gasteiger partial charge is 0.472 e. The van der Waals surface area contributed by atoms with Gasteiger partial charge in [0.1, 0.15) is 6.10 Å². The summed E-state index contributed by atoms with van der Waals surface area (Å²) in [6.45, 7) is 1.47. The zero-order chi connectivity index (χ0) is 18.2. The minimum absolute atomic E-state index is 0.0146. The van der Waals surface area contributed by atoms with Gasteiger partial charge < -0.3 is 14.4 Å². The van der Waals surface area contributed by atoms with Gasteiger partial charge in [0, 0.05) is 36.2 Å². The number of rotatable bonds is 8. The molecule has 26 heavy (non-hydrogen) atoms. The first-order valence-electron chi connectivity index (χ1n) is 9.34. The van der Waals surface area contributed by atoms with Crippen molar-refractivity contribution in [3.8, 4) is 11.9 Å². The topological polar surface area (TPSA) is 64.6 Å². The van der Waals surface area contributed by atoms with Crippen LogP contribution < -0.4 is 9.47 Å². The van der Waals surface area contributed by atoms with Crippen molar-refractivity contribution >= 4 is 27.5 Å². The molecule has 0 aliphatic carbocycles. The van der Waals surface area contributed by atoms with E-state index in [0.717, 1.165) is 37.5 Å². The monoisotopic (exact) mass is 397 g/mol. The Morgan fingerprint density at radius 2 is 2.31 bits per heavy atom. The summed E-state index contributed by atoms with van der Waals surface area (Å²) in [6.07, 6.45) is 8.87. The molecule has 8 heteroatoms. The molecule has 0 radical (unpaired) electrons. The average molecular weight is 398 g/mol. The van der Waals surface area contributed by atoms with E-state index in [1.54, 1.807) is 12.3 Å². The molecule has 2 atom stereocenters. The predicted octanol–water partition coefficient (Wildman–Crippen LogP) is 3.57. The lowest BCUT2D eigenvalue weighted by molar-refractivity contribution is -0.134. The summed E-state index contributed by atoms with van der Waals surface area (Å²) < 4.78 is 11.0. The van der Waals surface area contributed by atoms with E-state index in [1.165, 1.54) is 25.7 Å². The first kappa shape index (κ1) is 19.6. The number of aromatic nitrogens is 2. The Kier molecular flexibility index (Phi) is 7.73. The van der Waals surface area contributed by atoms with Crippen molar-refractivity contribution in [2.24, 2.45) is 0 Å². The van der Waals surface area contributed by atoms with Crippen LogP contribution in [-0.2, 0) is 4.79 Å². The van der Waals surface area contributed by atoms with Crippen molar-refractivity contribution in [3.63, 3.8) is 0 Å². The molecule has 2 unspecified atom stereocenters. The molecule has 0 N–H and O–H groups in total. The molecule has 2 fully saturated rings. The Hall–Kier alpha value is -1.15.